The van der Waals surface area contributed by atoms with E-state index in [0.717, 1.165) is 18.2 Å². The third-order valence-electron chi connectivity index (χ3n) is 3.95. The van der Waals surface area contributed by atoms with Crippen molar-refractivity contribution in [3.8, 4) is 0 Å². The molecule has 2 unspecified atom stereocenters. The van der Waals surface area contributed by atoms with E-state index in [2.05, 4.69) is 37.4 Å². The Morgan fingerprint density at radius 1 is 1.41 bits per heavy atom. The molecule has 0 aromatic carbocycles. The van der Waals surface area contributed by atoms with E-state index < -0.39 is 0 Å². The van der Waals surface area contributed by atoms with E-state index in [-0.39, 0.29) is 0 Å². The second kappa shape index (κ2) is 5.67. The van der Waals surface area contributed by atoms with E-state index in [9.17, 15) is 0 Å². The zero-order chi connectivity index (χ0) is 12.3. The van der Waals surface area contributed by atoms with Gasteiger partial charge in [0.05, 0.1) is 5.69 Å². The Morgan fingerprint density at radius 2 is 2.18 bits per heavy atom. The number of aromatic nitrogens is 2. The van der Waals surface area contributed by atoms with Gasteiger partial charge in [-0.05, 0) is 44.7 Å². The van der Waals surface area contributed by atoms with E-state index in [0.29, 0.717) is 6.04 Å². The van der Waals surface area contributed by atoms with Gasteiger partial charge >= 0.3 is 0 Å². The first-order chi connectivity index (χ1) is 8.20. The summed E-state index contributed by atoms with van der Waals surface area (Å²) < 4.78 is 2.05. The van der Waals surface area contributed by atoms with Crippen LogP contribution in [0, 0.1) is 12.8 Å². The average molecular weight is 235 g/mol. The highest BCUT2D eigenvalue weighted by molar-refractivity contribution is 5.10. The smallest absolute Gasteiger partial charge is 0.0596 e. The van der Waals surface area contributed by atoms with Gasteiger partial charge in [0.25, 0.3) is 0 Å². The Kier molecular flexibility index (Phi) is 4.21. The van der Waals surface area contributed by atoms with Gasteiger partial charge in [0.2, 0.25) is 0 Å². The molecule has 17 heavy (non-hydrogen) atoms. The van der Waals surface area contributed by atoms with Crippen LogP contribution in [0.1, 0.15) is 44.0 Å². The fourth-order valence-corrected chi connectivity index (χ4v) is 3.11. The first-order valence-corrected chi connectivity index (χ1v) is 6.93. The monoisotopic (exact) mass is 235 g/mol. The number of nitrogens with one attached hydrogen (secondary N) is 1. The number of nitrogens with zero attached hydrogens (tertiary/aromatic N) is 2. The van der Waals surface area contributed by atoms with Crippen molar-refractivity contribution in [2.75, 3.05) is 6.54 Å². The standard InChI is InChI=1S/C14H25N3/c1-4-15-14-8-6-5-7-12(14)10-13-9-11(2)16-17(13)3/h9,12,14-15H,4-8,10H2,1-3H3. The van der Waals surface area contributed by atoms with Crippen LogP contribution in [0.5, 0.6) is 0 Å². The van der Waals surface area contributed by atoms with Gasteiger partial charge in [-0.25, -0.2) is 0 Å². The molecule has 0 amide bonds. The fraction of sp³-hybridized carbons (Fsp3) is 0.786. The van der Waals surface area contributed by atoms with Crippen LogP contribution >= 0.6 is 0 Å². The minimum Gasteiger partial charge on any atom is -0.314 e. The third kappa shape index (κ3) is 3.09. The molecule has 1 aromatic heterocycles. The molecule has 0 bridgehead atoms. The molecule has 1 aliphatic carbocycles. The van der Waals surface area contributed by atoms with Gasteiger partial charge in [0.15, 0.2) is 0 Å². The van der Waals surface area contributed by atoms with Crippen molar-refractivity contribution in [3.05, 3.63) is 17.5 Å². The quantitative estimate of drug-likeness (QED) is 0.868. The molecule has 2 rings (SSSR count). The lowest BCUT2D eigenvalue weighted by molar-refractivity contribution is 0.261. The van der Waals surface area contributed by atoms with Gasteiger partial charge in [-0.2, -0.15) is 5.10 Å². The lowest BCUT2D eigenvalue weighted by atomic mass is 9.81. The van der Waals surface area contributed by atoms with Crippen LogP contribution in [0.25, 0.3) is 0 Å². The zero-order valence-electron chi connectivity index (χ0n) is 11.4. The Morgan fingerprint density at radius 3 is 2.82 bits per heavy atom. The molecular formula is C14H25N3. The largest absolute Gasteiger partial charge is 0.314 e. The second-order valence-corrected chi connectivity index (χ2v) is 5.31. The molecule has 1 heterocycles. The summed E-state index contributed by atoms with van der Waals surface area (Å²) in [5.74, 6) is 0.790. The number of rotatable bonds is 4. The van der Waals surface area contributed by atoms with Crippen molar-refractivity contribution < 1.29 is 0 Å². The summed E-state index contributed by atoms with van der Waals surface area (Å²) in [6, 6.07) is 2.95. The van der Waals surface area contributed by atoms with Gasteiger partial charge in [-0.15, -0.1) is 0 Å². The molecule has 1 aromatic rings. The van der Waals surface area contributed by atoms with Gasteiger partial charge in [0.1, 0.15) is 0 Å². The Labute approximate surface area is 105 Å². The number of hydrogen-bond donors (Lipinski definition) is 1. The molecule has 0 radical (unpaired) electrons. The minimum absolute atomic E-state index is 0.712. The summed E-state index contributed by atoms with van der Waals surface area (Å²) in [5.41, 5.74) is 2.52. The van der Waals surface area contributed by atoms with Crippen molar-refractivity contribution in [2.24, 2.45) is 13.0 Å². The molecule has 1 saturated carbocycles. The van der Waals surface area contributed by atoms with Gasteiger partial charge in [0, 0.05) is 18.8 Å². The molecular weight excluding hydrogens is 210 g/mol. The maximum atomic E-state index is 4.44. The van der Waals surface area contributed by atoms with Gasteiger partial charge < -0.3 is 5.32 Å². The van der Waals surface area contributed by atoms with Crippen molar-refractivity contribution in [1.29, 1.82) is 0 Å². The zero-order valence-corrected chi connectivity index (χ0v) is 11.4. The van der Waals surface area contributed by atoms with Gasteiger partial charge in [-0.1, -0.05) is 19.8 Å². The Hall–Kier alpha value is -0.830. The summed E-state index contributed by atoms with van der Waals surface area (Å²) in [4.78, 5) is 0. The van der Waals surface area contributed by atoms with Crippen LogP contribution in [-0.4, -0.2) is 22.4 Å². The molecule has 0 spiro atoms. The highest BCUT2D eigenvalue weighted by Crippen LogP contribution is 2.27. The molecule has 0 saturated heterocycles. The van der Waals surface area contributed by atoms with Crippen LogP contribution < -0.4 is 5.32 Å². The van der Waals surface area contributed by atoms with Crippen molar-refractivity contribution >= 4 is 0 Å². The van der Waals surface area contributed by atoms with Crippen molar-refractivity contribution in [3.63, 3.8) is 0 Å². The van der Waals surface area contributed by atoms with Crippen LogP contribution in [0.2, 0.25) is 0 Å². The molecule has 3 nitrogen and oxygen atoms in total. The molecule has 1 fully saturated rings. The van der Waals surface area contributed by atoms with Crippen LogP contribution in [0.15, 0.2) is 6.07 Å². The summed E-state index contributed by atoms with van der Waals surface area (Å²) in [6.45, 7) is 5.37. The predicted molar refractivity (Wildman–Crippen MR) is 71.1 cm³/mol. The van der Waals surface area contributed by atoms with E-state index in [1.54, 1.807) is 0 Å². The summed E-state index contributed by atoms with van der Waals surface area (Å²) >= 11 is 0. The van der Waals surface area contributed by atoms with E-state index in [1.165, 1.54) is 37.8 Å². The van der Waals surface area contributed by atoms with Crippen molar-refractivity contribution in [1.82, 2.24) is 15.1 Å². The maximum absolute atomic E-state index is 4.44. The molecule has 3 heteroatoms. The van der Waals surface area contributed by atoms with E-state index in [1.807, 2.05) is 4.68 Å². The fourth-order valence-electron chi connectivity index (χ4n) is 3.11. The first-order valence-electron chi connectivity index (χ1n) is 6.93. The van der Waals surface area contributed by atoms with Crippen LogP contribution in [-0.2, 0) is 13.5 Å². The highest BCUT2D eigenvalue weighted by atomic mass is 15.3. The summed E-state index contributed by atoms with van der Waals surface area (Å²) in [5, 5.41) is 8.10. The van der Waals surface area contributed by atoms with Crippen LogP contribution in [0.3, 0.4) is 0 Å². The topological polar surface area (TPSA) is 29.9 Å². The normalized spacial score (nSPS) is 25.1. The molecule has 1 aliphatic rings. The van der Waals surface area contributed by atoms with Crippen molar-refractivity contribution in [2.45, 2.75) is 52.0 Å². The lowest BCUT2D eigenvalue weighted by Gasteiger charge is -2.32. The van der Waals surface area contributed by atoms with E-state index >= 15 is 0 Å². The lowest BCUT2D eigenvalue weighted by Crippen LogP contribution is -2.39. The summed E-state index contributed by atoms with van der Waals surface area (Å²) in [7, 11) is 2.06. The maximum Gasteiger partial charge on any atom is 0.0596 e. The first kappa shape index (κ1) is 12.6. The van der Waals surface area contributed by atoms with Gasteiger partial charge in [-0.3, -0.25) is 4.68 Å². The van der Waals surface area contributed by atoms with E-state index in [4.69, 9.17) is 0 Å². The predicted octanol–water partition coefficient (Wildman–Crippen LogP) is 2.44. The minimum atomic E-state index is 0.712. The summed E-state index contributed by atoms with van der Waals surface area (Å²) in [6.07, 6.45) is 6.66. The molecule has 96 valence electrons. The SMILES string of the molecule is CCNC1CCCCC1Cc1cc(C)nn1C. The van der Waals surface area contributed by atoms with Crippen LogP contribution in [0.4, 0.5) is 0 Å². The number of hydrogen-bond acceptors (Lipinski definition) is 2. The Balaban J connectivity index is 2.02. The highest BCUT2D eigenvalue weighted by Gasteiger charge is 2.25. The average Bonchev–Trinajstić information content (AvgIpc) is 2.61. The third-order valence-corrected chi connectivity index (χ3v) is 3.95. The second-order valence-electron chi connectivity index (χ2n) is 5.31. The Bertz CT molecular complexity index is 354. The molecule has 1 N–H and O–H groups in total. The molecule has 2 atom stereocenters. The number of aryl methyl sites for hydroxylation is 2. The molecule has 0 aliphatic heterocycles.